The number of Topliss-reactive ketones (excluding diaryl/α,β-unsaturated/α-hetero) is 1. The van der Waals surface area contributed by atoms with Crippen LogP contribution in [0.5, 0.6) is 0 Å². The highest BCUT2D eigenvalue weighted by Crippen LogP contribution is 2.37. The van der Waals surface area contributed by atoms with Crippen LogP contribution in [0.15, 0.2) is 65.5 Å². The van der Waals surface area contributed by atoms with Crippen LogP contribution >= 0.6 is 0 Å². The Labute approximate surface area is 167 Å². The van der Waals surface area contributed by atoms with Crippen LogP contribution in [0.3, 0.4) is 0 Å². The van der Waals surface area contributed by atoms with E-state index in [0.29, 0.717) is 30.2 Å². The number of carbonyl (C=O) groups excluding carboxylic acids is 1. The van der Waals surface area contributed by atoms with Crippen molar-refractivity contribution < 1.29 is 9.21 Å². The second kappa shape index (κ2) is 7.01. The van der Waals surface area contributed by atoms with Crippen LogP contribution in [0.1, 0.15) is 39.7 Å². The SMILES string of the molecule is Cc1ccc(Nc2nn(-c3ncccn3)c3c2C(=O)CC(c2ccco2)C3)cc1. The van der Waals surface area contributed by atoms with Crippen molar-refractivity contribution in [3.8, 4) is 5.95 Å². The van der Waals surface area contributed by atoms with Crippen LogP contribution in [0.2, 0.25) is 0 Å². The Balaban J connectivity index is 1.60. The molecule has 0 fully saturated rings. The predicted octanol–water partition coefficient (Wildman–Crippen LogP) is 4.22. The molecule has 29 heavy (non-hydrogen) atoms. The minimum absolute atomic E-state index is 0.0311. The number of hydrogen-bond donors (Lipinski definition) is 1. The van der Waals surface area contributed by atoms with Gasteiger partial charge in [0.1, 0.15) is 5.76 Å². The number of fused-ring (bicyclic) bond motifs is 1. The fourth-order valence-corrected chi connectivity index (χ4v) is 3.72. The zero-order chi connectivity index (χ0) is 19.8. The van der Waals surface area contributed by atoms with Crippen molar-refractivity contribution in [2.24, 2.45) is 0 Å². The number of nitrogens with one attached hydrogen (secondary N) is 1. The van der Waals surface area contributed by atoms with Gasteiger partial charge in [-0.1, -0.05) is 17.7 Å². The van der Waals surface area contributed by atoms with E-state index < -0.39 is 0 Å². The highest BCUT2D eigenvalue weighted by molar-refractivity contribution is 6.03. The van der Waals surface area contributed by atoms with E-state index in [4.69, 9.17) is 4.42 Å². The van der Waals surface area contributed by atoms with Gasteiger partial charge in [0.05, 0.1) is 17.5 Å². The van der Waals surface area contributed by atoms with Gasteiger partial charge < -0.3 is 9.73 Å². The summed E-state index contributed by atoms with van der Waals surface area (Å²) in [7, 11) is 0. The first kappa shape index (κ1) is 17.4. The summed E-state index contributed by atoms with van der Waals surface area (Å²) in [6, 6.07) is 13.5. The lowest BCUT2D eigenvalue weighted by Crippen LogP contribution is -2.21. The Kier molecular flexibility index (Phi) is 4.20. The third kappa shape index (κ3) is 3.20. The number of benzene rings is 1. The third-order valence-corrected chi connectivity index (χ3v) is 5.13. The molecule has 7 nitrogen and oxygen atoms in total. The molecule has 0 amide bonds. The summed E-state index contributed by atoms with van der Waals surface area (Å²) >= 11 is 0. The van der Waals surface area contributed by atoms with Gasteiger partial charge in [-0.15, -0.1) is 5.10 Å². The van der Waals surface area contributed by atoms with Gasteiger partial charge in [0, 0.05) is 36.8 Å². The Bertz CT molecular complexity index is 1150. The van der Waals surface area contributed by atoms with Crippen LogP contribution in [-0.2, 0) is 6.42 Å². The van der Waals surface area contributed by atoms with Crippen molar-refractivity contribution in [1.29, 1.82) is 0 Å². The molecule has 3 heterocycles. The molecule has 1 aliphatic rings. The fraction of sp³-hybridized carbons (Fsp3) is 0.182. The number of anilines is 2. The van der Waals surface area contributed by atoms with E-state index in [2.05, 4.69) is 20.4 Å². The number of ketones is 1. The van der Waals surface area contributed by atoms with Crippen LogP contribution in [-0.4, -0.2) is 25.5 Å². The molecule has 0 saturated carbocycles. The number of nitrogens with zero attached hydrogens (tertiary/aromatic N) is 4. The first-order valence-electron chi connectivity index (χ1n) is 9.48. The third-order valence-electron chi connectivity index (χ3n) is 5.13. The molecule has 0 bridgehead atoms. The van der Waals surface area contributed by atoms with E-state index in [0.717, 1.165) is 22.7 Å². The monoisotopic (exact) mass is 385 g/mol. The maximum absolute atomic E-state index is 13.1. The maximum Gasteiger partial charge on any atom is 0.250 e. The summed E-state index contributed by atoms with van der Waals surface area (Å²) in [5.74, 6) is 1.77. The number of carbonyl (C=O) groups is 1. The van der Waals surface area contributed by atoms with Gasteiger partial charge >= 0.3 is 0 Å². The first-order chi connectivity index (χ1) is 14.2. The molecule has 0 aliphatic heterocycles. The zero-order valence-electron chi connectivity index (χ0n) is 15.9. The summed E-state index contributed by atoms with van der Waals surface area (Å²) in [6.45, 7) is 2.03. The Morgan fingerprint density at radius 3 is 2.59 bits per heavy atom. The molecule has 4 aromatic rings. The number of hydrogen-bond acceptors (Lipinski definition) is 6. The molecule has 5 rings (SSSR count). The summed E-state index contributed by atoms with van der Waals surface area (Å²) in [4.78, 5) is 21.8. The van der Waals surface area contributed by atoms with Gasteiger partial charge in [0.2, 0.25) is 0 Å². The van der Waals surface area contributed by atoms with Crippen molar-refractivity contribution in [3.63, 3.8) is 0 Å². The van der Waals surface area contributed by atoms with Crippen LogP contribution in [0, 0.1) is 6.92 Å². The molecule has 1 atom stereocenters. The molecule has 144 valence electrons. The van der Waals surface area contributed by atoms with Gasteiger partial charge in [0.15, 0.2) is 11.6 Å². The number of rotatable bonds is 4. The molecule has 0 saturated heterocycles. The molecule has 0 radical (unpaired) electrons. The summed E-state index contributed by atoms with van der Waals surface area (Å²) in [5.41, 5.74) is 3.43. The summed E-state index contributed by atoms with van der Waals surface area (Å²) in [5, 5.41) is 7.97. The number of aryl methyl sites for hydroxylation is 1. The lowest BCUT2D eigenvalue weighted by Gasteiger charge is -2.20. The van der Waals surface area contributed by atoms with Crippen molar-refractivity contribution in [3.05, 3.63) is 83.7 Å². The van der Waals surface area contributed by atoms with Gasteiger partial charge in [-0.25, -0.2) is 14.6 Å². The lowest BCUT2D eigenvalue weighted by molar-refractivity contribution is 0.0960. The number of aromatic nitrogens is 4. The van der Waals surface area contributed by atoms with E-state index in [1.165, 1.54) is 0 Å². The Morgan fingerprint density at radius 1 is 1.07 bits per heavy atom. The minimum Gasteiger partial charge on any atom is -0.469 e. The Hall–Kier alpha value is -3.74. The van der Waals surface area contributed by atoms with E-state index in [9.17, 15) is 4.79 Å². The van der Waals surface area contributed by atoms with Crippen molar-refractivity contribution >= 4 is 17.3 Å². The van der Waals surface area contributed by atoms with Crippen molar-refractivity contribution in [2.45, 2.75) is 25.7 Å². The smallest absolute Gasteiger partial charge is 0.250 e. The predicted molar refractivity (Wildman–Crippen MR) is 108 cm³/mol. The van der Waals surface area contributed by atoms with Gasteiger partial charge in [0.25, 0.3) is 5.95 Å². The normalized spacial score (nSPS) is 15.9. The molecule has 7 heteroatoms. The summed E-state index contributed by atoms with van der Waals surface area (Å²) in [6.07, 6.45) is 5.97. The molecule has 1 N–H and O–H groups in total. The van der Waals surface area contributed by atoms with Crippen LogP contribution in [0.25, 0.3) is 5.95 Å². The topological polar surface area (TPSA) is 85.8 Å². The molecule has 3 aromatic heterocycles. The van der Waals surface area contributed by atoms with Crippen LogP contribution < -0.4 is 5.32 Å². The Morgan fingerprint density at radius 2 is 1.86 bits per heavy atom. The molecule has 1 aromatic carbocycles. The van der Waals surface area contributed by atoms with E-state index >= 15 is 0 Å². The highest BCUT2D eigenvalue weighted by atomic mass is 16.3. The van der Waals surface area contributed by atoms with Crippen molar-refractivity contribution in [1.82, 2.24) is 19.7 Å². The maximum atomic E-state index is 13.1. The van der Waals surface area contributed by atoms with Gasteiger partial charge in [-0.3, -0.25) is 4.79 Å². The average molecular weight is 385 g/mol. The van der Waals surface area contributed by atoms with Gasteiger partial charge in [-0.2, -0.15) is 0 Å². The molecule has 1 unspecified atom stereocenters. The zero-order valence-corrected chi connectivity index (χ0v) is 15.9. The van der Waals surface area contributed by atoms with E-state index in [1.807, 2.05) is 43.3 Å². The lowest BCUT2D eigenvalue weighted by atomic mass is 9.85. The standard InChI is InChI=1S/C22H19N5O2/c1-14-5-7-16(8-6-14)25-21-20-17(27(26-21)22-23-9-3-10-24-22)12-15(13-18(20)28)19-4-2-11-29-19/h2-11,15H,12-13H2,1H3,(H,25,26). The first-order valence-corrected chi connectivity index (χ1v) is 9.48. The van der Waals surface area contributed by atoms with Gasteiger partial charge in [-0.05, 0) is 37.3 Å². The molecule has 1 aliphatic carbocycles. The quantitative estimate of drug-likeness (QED) is 0.566. The number of furan rings is 1. The van der Waals surface area contributed by atoms with E-state index in [-0.39, 0.29) is 11.7 Å². The van der Waals surface area contributed by atoms with Crippen molar-refractivity contribution in [2.75, 3.05) is 5.32 Å². The van der Waals surface area contributed by atoms with E-state index in [1.54, 1.807) is 29.4 Å². The minimum atomic E-state index is -0.0311. The average Bonchev–Trinajstić information content (AvgIpc) is 3.39. The fourth-order valence-electron chi connectivity index (χ4n) is 3.72. The molecular formula is C22H19N5O2. The highest BCUT2D eigenvalue weighted by Gasteiger charge is 2.35. The summed E-state index contributed by atoms with van der Waals surface area (Å²) < 4.78 is 7.23. The van der Waals surface area contributed by atoms with Crippen LogP contribution in [0.4, 0.5) is 11.5 Å². The second-order valence-electron chi connectivity index (χ2n) is 7.17. The molecular weight excluding hydrogens is 366 g/mol. The second-order valence-corrected chi connectivity index (χ2v) is 7.17. The molecule has 0 spiro atoms. The largest absolute Gasteiger partial charge is 0.469 e.